The summed E-state index contributed by atoms with van der Waals surface area (Å²) in [6.45, 7) is 3.66. The van der Waals surface area contributed by atoms with Crippen molar-refractivity contribution in [2.75, 3.05) is 25.5 Å². The van der Waals surface area contributed by atoms with E-state index in [4.69, 9.17) is 0 Å². The van der Waals surface area contributed by atoms with Crippen molar-refractivity contribution in [3.8, 4) is 0 Å². The summed E-state index contributed by atoms with van der Waals surface area (Å²) in [5, 5.41) is 6.04. The lowest BCUT2D eigenvalue weighted by Crippen LogP contribution is -2.30. The van der Waals surface area contributed by atoms with E-state index in [2.05, 4.69) is 17.6 Å². The van der Waals surface area contributed by atoms with Gasteiger partial charge in [-0.1, -0.05) is 69.0 Å². The average molecular weight is 396 g/mol. The quantitative estimate of drug-likeness (QED) is 0.522. The lowest BCUT2D eigenvalue weighted by Gasteiger charge is -2.18. The van der Waals surface area contributed by atoms with Crippen LogP contribution >= 0.6 is 0 Å². The SMILES string of the molecule is CCCCCCCNC(=O)CNc1cccc(C(=O)N(C)Cc2ccccc2)c1. The molecule has 2 aromatic carbocycles. The number of rotatable bonds is 12. The number of anilines is 1. The molecule has 0 aliphatic rings. The van der Waals surface area contributed by atoms with Crippen LogP contribution in [0.4, 0.5) is 5.69 Å². The zero-order chi connectivity index (χ0) is 20.9. The number of hydrogen-bond donors (Lipinski definition) is 2. The molecule has 0 aliphatic carbocycles. The van der Waals surface area contributed by atoms with Crippen molar-refractivity contribution in [3.05, 3.63) is 65.7 Å². The number of amides is 2. The van der Waals surface area contributed by atoms with Crippen molar-refractivity contribution in [1.82, 2.24) is 10.2 Å². The van der Waals surface area contributed by atoms with Gasteiger partial charge in [0.25, 0.3) is 5.91 Å². The predicted molar refractivity (Wildman–Crippen MR) is 119 cm³/mol. The van der Waals surface area contributed by atoms with E-state index in [0.717, 1.165) is 24.1 Å². The molecule has 0 spiro atoms. The molecule has 5 heteroatoms. The van der Waals surface area contributed by atoms with Gasteiger partial charge >= 0.3 is 0 Å². The normalized spacial score (nSPS) is 10.4. The van der Waals surface area contributed by atoms with E-state index in [1.54, 1.807) is 24.1 Å². The third kappa shape index (κ3) is 8.38. The van der Waals surface area contributed by atoms with Gasteiger partial charge in [-0.25, -0.2) is 0 Å². The minimum absolute atomic E-state index is 0.0292. The topological polar surface area (TPSA) is 61.4 Å². The van der Waals surface area contributed by atoms with Crippen molar-refractivity contribution in [2.45, 2.75) is 45.6 Å². The van der Waals surface area contributed by atoms with Crippen molar-refractivity contribution in [1.29, 1.82) is 0 Å². The van der Waals surface area contributed by atoms with Crippen molar-refractivity contribution >= 4 is 17.5 Å². The molecule has 0 aromatic heterocycles. The molecule has 29 heavy (non-hydrogen) atoms. The predicted octanol–water partition coefficient (Wildman–Crippen LogP) is 4.46. The Bertz CT molecular complexity index is 762. The van der Waals surface area contributed by atoms with Crippen molar-refractivity contribution < 1.29 is 9.59 Å². The molecule has 0 saturated heterocycles. The number of benzene rings is 2. The lowest BCUT2D eigenvalue weighted by atomic mass is 10.1. The summed E-state index contributed by atoms with van der Waals surface area (Å²) >= 11 is 0. The number of hydrogen-bond acceptors (Lipinski definition) is 3. The first-order valence-corrected chi connectivity index (χ1v) is 10.5. The molecule has 156 valence electrons. The van der Waals surface area contributed by atoms with Crippen molar-refractivity contribution in [3.63, 3.8) is 0 Å². The molecule has 0 radical (unpaired) electrons. The number of carbonyl (C=O) groups is 2. The highest BCUT2D eigenvalue weighted by molar-refractivity contribution is 5.95. The highest BCUT2D eigenvalue weighted by Crippen LogP contribution is 2.13. The first-order valence-electron chi connectivity index (χ1n) is 10.5. The fourth-order valence-corrected chi connectivity index (χ4v) is 3.11. The van der Waals surface area contributed by atoms with Crippen LogP contribution in [0.2, 0.25) is 0 Å². The molecule has 0 atom stereocenters. The van der Waals surface area contributed by atoms with Crippen LogP contribution < -0.4 is 10.6 Å². The van der Waals surface area contributed by atoms with Gasteiger partial charge in [-0.05, 0) is 30.2 Å². The van der Waals surface area contributed by atoms with Crippen LogP contribution in [-0.4, -0.2) is 36.9 Å². The van der Waals surface area contributed by atoms with Crippen LogP contribution in [0.5, 0.6) is 0 Å². The van der Waals surface area contributed by atoms with Gasteiger partial charge in [0.05, 0.1) is 6.54 Å². The van der Waals surface area contributed by atoms with E-state index < -0.39 is 0 Å². The van der Waals surface area contributed by atoms with Gasteiger partial charge in [-0.3, -0.25) is 9.59 Å². The Kier molecular flexibility index (Phi) is 9.76. The molecule has 0 unspecified atom stereocenters. The Balaban J connectivity index is 1.78. The second-order valence-electron chi connectivity index (χ2n) is 7.35. The summed E-state index contributed by atoms with van der Waals surface area (Å²) in [7, 11) is 1.80. The largest absolute Gasteiger partial charge is 0.376 e. The molecule has 0 bridgehead atoms. The molecule has 0 saturated carbocycles. The fraction of sp³-hybridized carbons (Fsp3) is 0.417. The zero-order valence-electron chi connectivity index (χ0n) is 17.6. The minimum Gasteiger partial charge on any atom is -0.376 e. The van der Waals surface area contributed by atoms with Gasteiger partial charge in [-0.15, -0.1) is 0 Å². The maximum atomic E-state index is 12.7. The molecule has 2 amide bonds. The van der Waals surface area contributed by atoms with E-state index in [-0.39, 0.29) is 18.4 Å². The lowest BCUT2D eigenvalue weighted by molar-refractivity contribution is -0.119. The van der Waals surface area contributed by atoms with Crippen LogP contribution in [0.15, 0.2) is 54.6 Å². The molecule has 2 N–H and O–H groups in total. The molecular formula is C24H33N3O2. The van der Waals surface area contributed by atoms with Gasteiger partial charge in [0.1, 0.15) is 0 Å². The Morgan fingerprint density at radius 2 is 1.69 bits per heavy atom. The van der Waals surface area contributed by atoms with E-state index in [0.29, 0.717) is 18.7 Å². The molecular weight excluding hydrogens is 362 g/mol. The molecule has 0 aliphatic heterocycles. The second-order valence-corrected chi connectivity index (χ2v) is 7.35. The van der Waals surface area contributed by atoms with Gasteiger partial charge in [-0.2, -0.15) is 0 Å². The van der Waals surface area contributed by atoms with E-state index in [1.807, 2.05) is 42.5 Å². The molecule has 2 rings (SSSR count). The Morgan fingerprint density at radius 1 is 0.931 bits per heavy atom. The molecule has 2 aromatic rings. The summed E-state index contributed by atoms with van der Waals surface area (Å²) in [6, 6.07) is 17.2. The second kappa shape index (κ2) is 12.6. The monoisotopic (exact) mass is 395 g/mol. The molecule has 5 nitrogen and oxygen atoms in total. The Labute approximate surface area is 174 Å². The minimum atomic E-state index is -0.0472. The highest BCUT2D eigenvalue weighted by atomic mass is 16.2. The van der Waals surface area contributed by atoms with Crippen LogP contribution in [0.3, 0.4) is 0 Å². The molecule has 0 fully saturated rings. The number of nitrogens with one attached hydrogen (secondary N) is 2. The maximum Gasteiger partial charge on any atom is 0.253 e. The Hall–Kier alpha value is -2.82. The van der Waals surface area contributed by atoms with E-state index in [1.165, 1.54) is 19.3 Å². The van der Waals surface area contributed by atoms with Crippen LogP contribution in [-0.2, 0) is 11.3 Å². The molecule has 0 heterocycles. The number of nitrogens with zero attached hydrogens (tertiary/aromatic N) is 1. The summed E-state index contributed by atoms with van der Waals surface area (Å²) in [4.78, 5) is 26.4. The zero-order valence-corrected chi connectivity index (χ0v) is 17.6. The van der Waals surface area contributed by atoms with Gasteiger partial charge in [0, 0.05) is 31.4 Å². The first kappa shape index (κ1) is 22.5. The van der Waals surface area contributed by atoms with Crippen LogP contribution in [0, 0.1) is 0 Å². The summed E-state index contributed by atoms with van der Waals surface area (Å²) in [6.07, 6.45) is 5.88. The third-order valence-electron chi connectivity index (χ3n) is 4.77. The van der Waals surface area contributed by atoms with E-state index in [9.17, 15) is 9.59 Å². The fourth-order valence-electron chi connectivity index (χ4n) is 3.11. The third-order valence-corrected chi connectivity index (χ3v) is 4.77. The summed E-state index contributed by atoms with van der Waals surface area (Å²) < 4.78 is 0. The summed E-state index contributed by atoms with van der Waals surface area (Å²) in [5.74, 6) is -0.0764. The smallest absolute Gasteiger partial charge is 0.253 e. The first-order chi connectivity index (χ1) is 14.1. The van der Waals surface area contributed by atoms with Gasteiger partial charge < -0.3 is 15.5 Å². The number of unbranched alkanes of at least 4 members (excludes halogenated alkanes) is 4. The standard InChI is InChI=1S/C24H33N3O2/c1-3-4-5-6-10-16-25-23(28)18-26-22-15-11-14-21(17-22)24(29)27(2)19-20-12-8-7-9-13-20/h7-9,11-15,17,26H,3-6,10,16,18-19H2,1-2H3,(H,25,28). The Morgan fingerprint density at radius 3 is 2.45 bits per heavy atom. The summed E-state index contributed by atoms with van der Waals surface area (Å²) in [5.41, 5.74) is 2.45. The number of carbonyl (C=O) groups excluding carboxylic acids is 2. The van der Waals surface area contributed by atoms with Crippen LogP contribution in [0.1, 0.15) is 54.9 Å². The highest BCUT2D eigenvalue weighted by Gasteiger charge is 2.12. The van der Waals surface area contributed by atoms with Crippen LogP contribution in [0.25, 0.3) is 0 Å². The van der Waals surface area contributed by atoms with Crippen molar-refractivity contribution in [2.24, 2.45) is 0 Å². The van der Waals surface area contributed by atoms with Gasteiger partial charge in [0.2, 0.25) is 5.91 Å². The van der Waals surface area contributed by atoms with Gasteiger partial charge in [0.15, 0.2) is 0 Å². The average Bonchev–Trinajstić information content (AvgIpc) is 2.75. The maximum absolute atomic E-state index is 12.7. The van der Waals surface area contributed by atoms with E-state index >= 15 is 0 Å².